The van der Waals surface area contributed by atoms with Crippen molar-refractivity contribution in [2.24, 2.45) is 0 Å². The van der Waals surface area contributed by atoms with Crippen molar-refractivity contribution in [3.63, 3.8) is 0 Å². The summed E-state index contributed by atoms with van der Waals surface area (Å²) in [5.74, 6) is 0. The Morgan fingerprint density at radius 3 is 1.49 bits per heavy atom. The molecule has 0 aliphatic rings. The molecule has 0 spiro atoms. The van der Waals surface area contributed by atoms with Gasteiger partial charge in [0.15, 0.2) is 0 Å². The molecule has 12 aromatic carbocycles. The van der Waals surface area contributed by atoms with Gasteiger partial charge in [-0.05, 0) is 120 Å². The quantitative estimate of drug-likeness (QED) is 0.148. The Balaban J connectivity index is 0.984. The molecule has 0 fully saturated rings. The van der Waals surface area contributed by atoms with Crippen LogP contribution in [0.15, 0.2) is 267 Å². The highest BCUT2D eigenvalue weighted by molar-refractivity contribution is 6.14. The average molecular weight is 865 g/mol. The molecule has 0 amide bonds. The molecule has 13 rings (SSSR count). The van der Waals surface area contributed by atoms with Crippen LogP contribution in [0.25, 0.3) is 104 Å². The van der Waals surface area contributed by atoms with Crippen LogP contribution < -0.4 is 4.90 Å². The summed E-state index contributed by atoms with van der Waals surface area (Å²) in [5, 5.41) is 9.87. The third kappa shape index (κ3) is 6.65. The van der Waals surface area contributed by atoms with Crippen molar-refractivity contribution in [1.82, 2.24) is 4.57 Å². The Labute approximate surface area is 395 Å². The fourth-order valence-corrected chi connectivity index (χ4v) is 10.6. The maximum Gasteiger partial charge on any atom is 0.0547 e. The predicted molar refractivity (Wildman–Crippen MR) is 290 cm³/mol. The molecular weight excluding hydrogens is 821 g/mol. The molecule has 318 valence electrons. The summed E-state index contributed by atoms with van der Waals surface area (Å²) < 4.78 is 2.48. The van der Waals surface area contributed by atoms with Gasteiger partial charge in [-0.25, -0.2) is 0 Å². The Hall–Kier alpha value is -8.98. The Kier molecular flexibility index (Phi) is 9.54. The lowest BCUT2D eigenvalue weighted by Crippen LogP contribution is -2.10. The van der Waals surface area contributed by atoms with E-state index in [1.807, 2.05) is 0 Å². The van der Waals surface area contributed by atoms with Crippen molar-refractivity contribution in [2.45, 2.75) is 0 Å². The maximum atomic E-state index is 2.48. The summed E-state index contributed by atoms with van der Waals surface area (Å²) in [7, 11) is 0. The molecule has 0 aliphatic carbocycles. The zero-order valence-electron chi connectivity index (χ0n) is 37.3. The smallest absolute Gasteiger partial charge is 0.0547 e. The summed E-state index contributed by atoms with van der Waals surface area (Å²) in [6.07, 6.45) is 0. The topological polar surface area (TPSA) is 8.17 Å². The minimum atomic E-state index is 1.08. The molecule has 0 N–H and O–H groups in total. The molecule has 0 saturated heterocycles. The second-order valence-corrected chi connectivity index (χ2v) is 17.6. The summed E-state index contributed by atoms with van der Waals surface area (Å²) in [6, 6.07) is 97.5. The van der Waals surface area contributed by atoms with E-state index >= 15 is 0 Å². The molecule has 0 bridgehead atoms. The minimum Gasteiger partial charge on any atom is -0.310 e. The molecule has 2 heteroatoms. The first-order valence-corrected chi connectivity index (χ1v) is 23.4. The van der Waals surface area contributed by atoms with Crippen LogP contribution in [0.3, 0.4) is 0 Å². The second-order valence-electron chi connectivity index (χ2n) is 17.6. The lowest BCUT2D eigenvalue weighted by Gasteiger charge is -2.28. The number of aromatic nitrogens is 1. The van der Waals surface area contributed by atoms with Crippen LogP contribution in [-0.4, -0.2) is 4.57 Å². The highest BCUT2D eigenvalue weighted by Crippen LogP contribution is 2.46. The van der Waals surface area contributed by atoms with Gasteiger partial charge in [-0.15, -0.1) is 0 Å². The predicted octanol–water partition coefficient (Wildman–Crippen LogP) is 18.4. The molecule has 1 aromatic heterocycles. The highest BCUT2D eigenvalue weighted by Gasteiger charge is 2.22. The van der Waals surface area contributed by atoms with Crippen molar-refractivity contribution in [2.75, 3.05) is 4.90 Å². The second kappa shape index (κ2) is 16.5. The van der Waals surface area contributed by atoms with Crippen LogP contribution >= 0.6 is 0 Å². The first kappa shape index (κ1) is 39.4. The van der Waals surface area contributed by atoms with Gasteiger partial charge in [-0.1, -0.05) is 212 Å². The molecule has 1 heterocycles. The summed E-state index contributed by atoms with van der Waals surface area (Å²) in [4.78, 5) is 2.42. The number of para-hydroxylation sites is 1. The van der Waals surface area contributed by atoms with Crippen LogP contribution in [-0.2, 0) is 0 Å². The lowest BCUT2D eigenvalue weighted by atomic mass is 9.92. The van der Waals surface area contributed by atoms with Gasteiger partial charge in [0.2, 0.25) is 0 Å². The fourth-order valence-electron chi connectivity index (χ4n) is 10.6. The Bertz CT molecular complexity index is 3990. The van der Waals surface area contributed by atoms with Crippen LogP contribution in [0.2, 0.25) is 0 Å². The van der Waals surface area contributed by atoms with Gasteiger partial charge in [0.1, 0.15) is 0 Å². The largest absolute Gasteiger partial charge is 0.310 e. The normalized spacial score (nSPS) is 11.5. The molecule has 0 atom stereocenters. The van der Waals surface area contributed by atoms with E-state index in [-0.39, 0.29) is 0 Å². The van der Waals surface area contributed by atoms with Gasteiger partial charge in [0.25, 0.3) is 0 Å². The van der Waals surface area contributed by atoms with Gasteiger partial charge in [0.05, 0.1) is 22.4 Å². The van der Waals surface area contributed by atoms with E-state index < -0.39 is 0 Å². The van der Waals surface area contributed by atoms with Crippen molar-refractivity contribution >= 4 is 71.2 Å². The summed E-state index contributed by atoms with van der Waals surface area (Å²) >= 11 is 0. The lowest BCUT2D eigenvalue weighted by molar-refractivity contribution is 1.18. The first-order chi connectivity index (χ1) is 33.7. The van der Waals surface area contributed by atoms with E-state index in [2.05, 4.69) is 276 Å². The zero-order valence-corrected chi connectivity index (χ0v) is 37.3. The van der Waals surface area contributed by atoms with E-state index in [9.17, 15) is 0 Å². The number of fused-ring (bicyclic) bond motifs is 6. The molecular formula is C66H44N2. The zero-order chi connectivity index (χ0) is 45.0. The van der Waals surface area contributed by atoms with E-state index in [0.29, 0.717) is 0 Å². The SMILES string of the molecule is c1ccc(-c2c(-c3ccc(N(c4ccc(-c5cccc6ccccc56)cc4)c4ccc(-c5ccccc5)c5ccccc45)cc3)cccc2-n2c3ccccc3c3cc4ccccc4cc32)cc1. The fraction of sp³-hybridized carbons (Fsp3) is 0. The van der Waals surface area contributed by atoms with Gasteiger partial charge < -0.3 is 9.47 Å². The molecule has 2 nitrogen and oxygen atoms in total. The Morgan fingerprint density at radius 2 is 0.765 bits per heavy atom. The molecule has 0 aliphatic heterocycles. The molecule has 0 unspecified atom stereocenters. The molecule has 0 saturated carbocycles. The number of benzene rings is 12. The van der Waals surface area contributed by atoms with E-state index in [4.69, 9.17) is 0 Å². The third-order valence-electron chi connectivity index (χ3n) is 13.8. The van der Waals surface area contributed by atoms with E-state index in [1.165, 1.54) is 93.1 Å². The summed E-state index contributed by atoms with van der Waals surface area (Å²) in [6.45, 7) is 0. The van der Waals surface area contributed by atoms with Crippen LogP contribution in [0.4, 0.5) is 17.1 Å². The standard InChI is InChI=1S/C66H44N2/c1-3-17-45(18-4-1)56-41-42-63(59-27-12-11-26-58(56)59)67(52-37-33-47(34-38-52)55-29-15-24-46-19-9-10-25-54(46)55)53-39-35-48(36-40-53)57-30-16-32-64(66(57)49-20-5-2-6-21-49)68-62-31-14-13-28-60(62)61-43-50-22-7-8-23-51(50)44-65(61)68/h1-44H. The van der Waals surface area contributed by atoms with Crippen LogP contribution in [0.1, 0.15) is 0 Å². The first-order valence-electron chi connectivity index (χ1n) is 23.4. The molecule has 68 heavy (non-hydrogen) atoms. The number of rotatable bonds is 8. The van der Waals surface area contributed by atoms with Gasteiger partial charge >= 0.3 is 0 Å². The average Bonchev–Trinajstić information content (AvgIpc) is 3.73. The molecule has 13 aromatic rings. The van der Waals surface area contributed by atoms with Gasteiger partial charge in [-0.2, -0.15) is 0 Å². The van der Waals surface area contributed by atoms with Crippen molar-refractivity contribution in [3.8, 4) is 50.2 Å². The van der Waals surface area contributed by atoms with Gasteiger partial charge in [0, 0.05) is 33.1 Å². The minimum absolute atomic E-state index is 1.08. The monoisotopic (exact) mass is 864 g/mol. The number of anilines is 3. The highest BCUT2D eigenvalue weighted by atomic mass is 15.1. The van der Waals surface area contributed by atoms with E-state index in [0.717, 1.165) is 28.3 Å². The number of hydrogen-bond donors (Lipinski definition) is 0. The maximum absolute atomic E-state index is 2.48. The third-order valence-corrected chi connectivity index (χ3v) is 13.8. The van der Waals surface area contributed by atoms with Gasteiger partial charge in [-0.3, -0.25) is 0 Å². The van der Waals surface area contributed by atoms with E-state index in [1.54, 1.807) is 0 Å². The summed E-state index contributed by atoms with van der Waals surface area (Å²) in [5.41, 5.74) is 16.4. The van der Waals surface area contributed by atoms with Crippen LogP contribution in [0.5, 0.6) is 0 Å². The van der Waals surface area contributed by atoms with Crippen molar-refractivity contribution < 1.29 is 0 Å². The molecule has 0 radical (unpaired) electrons. The Morgan fingerprint density at radius 1 is 0.265 bits per heavy atom. The van der Waals surface area contributed by atoms with Crippen LogP contribution in [0, 0.1) is 0 Å². The number of hydrogen-bond acceptors (Lipinski definition) is 1. The van der Waals surface area contributed by atoms with Crippen molar-refractivity contribution in [3.05, 3.63) is 267 Å². The van der Waals surface area contributed by atoms with Crippen molar-refractivity contribution in [1.29, 1.82) is 0 Å². The number of nitrogens with zero attached hydrogens (tertiary/aromatic N) is 2.